The number of allylic oxidation sites excluding steroid dienone is 1. The van der Waals surface area contributed by atoms with Crippen molar-refractivity contribution >= 4 is 40.0 Å². The minimum atomic E-state index is -0.295. The average Bonchev–Trinajstić information content (AvgIpc) is 3.45. The first-order chi connectivity index (χ1) is 15.5. The number of carbonyl (C=O) groups is 2. The van der Waals surface area contributed by atoms with E-state index in [1.54, 1.807) is 40.4 Å². The number of anilines is 1. The molecule has 12 heteroatoms. The third-order valence-corrected chi connectivity index (χ3v) is 5.82. The lowest BCUT2D eigenvalue weighted by Gasteiger charge is -2.11. The van der Waals surface area contributed by atoms with Crippen LogP contribution < -0.4 is 20.1 Å². The minimum Gasteiger partial charge on any atom is -0.493 e. The Morgan fingerprint density at radius 3 is 2.75 bits per heavy atom. The van der Waals surface area contributed by atoms with Crippen molar-refractivity contribution in [2.75, 3.05) is 25.3 Å². The molecule has 0 saturated heterocycles. The van der Waals surface area contributed by atoms with Crippen LogP contribution in [0.3, 0.4) is 0 Å². The Labute approximate surface area is 193 Å². The maximum absolute atomic E-state index is 12.6. The molecule has 1 aromatic carbocycles. The molecular weight excluding hydrogens is 452 g/mol. The van der Waals surface area contributed by atoms with E-state index in [9.17, 15) is 9.59 Å². The van der Waals surface area contributed by atoms with Crippen LogP contribution in [0.1, 0.15) is 16.2 Å². The van der Waals surface area contributed by atoms with Crippen molar-refractivity contribution < 1.29 is 19.1 Å². The zero-order valence-electron chi connectivity index (χ0n) is 17.5. The average molecular weight is 475 g/mol. The molecule has 2 N–H and O–H groups in total. The molecule has 0 aliphatic rings. The number of ether oxygens (including phenoxy) is 2. The summed E-state index contributed by atoms with van der Waals surface area (Å²) in [6, 6.07) is 4.91. The van der Waals surface area contributed by atoms with Gasteiger partial charge in [-0.3, -0.25) is 9.59 Å². The van der Waals surface area contributed by atoms with E-state index in [1.807, 2.05) is 0 Å². The zero-order valence-corrected chi connectivity index (χ0v) is 19.2. The van der Waals surface area contributed by atoms with Crippen molar-refractivity contribution in [1.29, 1.82) is 0 Å². The van der Waals surface area contributed by atoms with Gasteiger partial charge in [0.1, 0.15) is 0 Å². The fourth-order valence-electron chi connectivity index (χ4n) is 2.68. The molecular formula is C20H22N6O4S2. The molecule has 0 unspecified atom stereocenters. The molecule has 0 spiro atoms. The van der Waals surface area contributed by atoms with Crippen molar-refractivity contribution in [3.05, 3.63) is 53.8 Å². The van der Waals surface area contributed by atoms with Gasteiger partial charge in [-0.15, -0.1) is 28.1 Å². The first-order valence-corrected chi connectivity index (χ1v) is 11.3. The van der Waals surface area contributed by atoms with Gasteiger partial charge in [-0.2, -0.15) is 0 Å². The van der Waals surface area contributed by atoms with Crippen LogP contribution in [-0.4, -0.2) is 51.5 Å². The van der Waals surface area contributed by atoms with E-state index < -0.39 is 0 Å². The van der Waals surface area contributed by atoms with E-state index in [1.165, 1.54) is 37.3 Å². The van der Waals surface area contributed by atoms with E-state index in [-0.39, 0.29) is 24.1 Å². The number of benzene rings is 1. The molecule has 2 heterocycles. The molecule has 2 aromatic heterocycles. The Kier molecular flexibility index (Phi) is 8.22. The minimum absolute atomic E-state index is 0.146. The molecule has 0 aliphatic carbocycles. The summed E-state index contributed by atoms with van der Waals surface area (Å²) in [5.41, 5.74) is 0.422. The molecule has 0 fully saturated rings. The van der Waals surface area contributed by atoms with Gasteiger partial charge in [-0.1, -0.05) is 17.8 Å². The summed E-state index contributed by atoms with van der Waals surface area (Å²) < 4.78 is 12.2. The molecule has 0 saturated carbocycles. The fourth-order valence-corrected chi connectivity index (χ4v) is 3.99. The third kappa shape index (κ3) is 5.86. The molecule has 32 heavy (non-hydrogen) atoms. The number of rotatable bonds is 11. The van der Waals surface area contributed by atoms with Gasteiger partial charge in [0, 0.05) is 23.7 Å². The SMILES string of the molecule is C=CCn1c(CNC(=O)c2ccc(OC)c(OC)c2)nnc1SCC(=O)Nc1nccs1. The van der Waals surface area contributed by atoms with Crippen LogP contribution in [0.25, 0.3) is 0 Å². The highest BCUT2D eigenvalue weighted by Gasteiger charge is 2.16. The fraction of sp³-hybridized carbons (Fsp3) is 0.250. The Bertz CT molecular complexity index is 1080. The van der Waals surface area contributed by atoms with E-state index in [0.29, 0.717) is 39.7 Å². The summed E-state index contributed by atoms with van der Waals surface area (Å²) in [6.07, 6.45) is 3.32. The van der Waals surface area contributed by atoms with Gasteiger partial charge in [0.25, 0.3) is 5.91 Å². The Morgan fingerprint density at radius 1 is 1.25 bits per heavy atom. The van der Waals surface area contributed by atoms with E-state index in [2.05, 4.69) is 32.4 Å². The number of amides is 2. The predicted molar refractivity (Wildman–Crippen MR) is 122 cm³/mol. The first-order valence-electron chi connectivity index (χ1n) is 9.41. The van der Waals surface area contributed by atoms with Crippen molar-refractivity contribution in [3.63, 3.8) is 0 Å². The Morgan fingerprint density at radius 2 is 2.06 bits per heavy atom. The lowest BCUT2D eigenvalue weighted by atomic mass is 10.2. The number of aromatic nitrogens is 4. The van der Waals surface area contributed by atoms with Crippen molar-refractivity contribution in [3.8, 4) is 11.5 Å². The summed E-state index contributed by atoms with van der Waals surface area (Å²) in [4.78, 5) is 28.7. The Hall–Kier alpha value is -3.38. The highest BCUT2D eigenvalue weighted by atomic mass is 32.2. The van der Waals surface area contributed by atoms with Gasteiger partial charge in [-0.25, -0.2) is 4.98 Å². The van der Waals surface area contributed by atoms with Crippen LogP contribution in [0.15, 0.2) is 47.6 Å². The zero-order chi connectivity index (χ0) is 22.9. The Balaban J connectivity index is 1.62. The molecule has 2 amide bonds. The number of hydrogen-bond acceptors (Lipinski definition) is 9. The molecule has 0 radical (unpaired) electrons. The van der Waals surface area contributed by atoms with Crippen LogP contribution in [0.2, 0.25) is 0 Å². The van der Waals surface area contributed by atoms with Crippen LogP contribution in [-0.2, 0) is 17.9 Å². The van der Waals surface area contributed by atoms with Gasteiger partial charge in [0.2, 0.25) is 5.91 Å². The van der Waals surface area contributed by atoms with Crippen LogP contribution in [0.5, 0.6) is 11.5 Å². The number of thiazole rings is 1. The second-order valence-electron chi connectivity index (χ2n) is 6.22. The smallest absolute Gasteiger partial charge is 0.251 e. The normalized spacial score (nSPS) is 10.4. The number of thioether (sulfide) groups is 1. The number of nitrogens with one attached hydrogen (secondary N) is 2. The molecule has 168 valence electrons. The third-order valence-electron chi connectivity index (χ3n) is 4.17. The highest BCUT2D eigenvalue weighted by Crippen LogP contribution is 2.27. The van der Waals surface area contributed by atoms with Gasteiger partial charge in [0.05, 0.1) is 26.5 Å². The number of nitrogens with zero attached hydrogens (tertiary/aromatic N) is 4. The predicted octanol–water partition coefficient (Wildman–Crippen LogP) is 2.60. The largest absolute Gasteiger partial charge is 0.493 e. The molecule has 0 aliphatic heterocycles. The molecule has 0 bridgehead atoms. The summed E-state index contributed by atoms with van der Waals surface area (Å²) >= 11 is 2.59. The first kappa shape index (κ1) is 23.3. The standard InChI is InChI=1S/C20H22N6O4S2/c1-4-8-26-16(11-22-18(28)13-5-6-14(29-2)15(10-13)30-3)24-25-20(26)32-12-17(27)23-19-21-7-9-31-19/h4-7,9-10H,1,8,11-12H2,2-3H3,(H,22,28)(H,21,23,27). The van der Waals surface area contributed by atoms with Gasteiger partial charge < -0.3 is 24.7 Å². The molecule has 10 nitrogen and oxygen atoms in total. The monoisotopic (exact) mass is 474 g/mol. The number of carbonyl (C=O) groups excluding carboxylic acids is 2. The lowest BCUT2D eigenvalue weighted by molar-refractivity contribution is -0.113. The quantitative estimate of drug-likeness (QED) is 0.321. The van der Waals surface area contributed by atoms with Crippen LogP contribution in [0, 0.1) is 0 Å². The second kappa shape index (κ2) is 11.3. The maximum atomic E-state index is 12.6. The van der Waals surface area contributed by atoms with E-state index in [0.717, 1.165) is 0 Å². The van der Waals surface area contributed by atoms with Crippen molar-refractivity contribution in [2.45, 2.75) is 18.2 Å². The lowest BCUT2D eigenvalue weighted by Crippen LogP contribution is -2.25. The second-order valence-corrected chi connectivity index (χ2v) is 8.06. The van der Waals surface area contributed by atoms with Crippen molar-refractivity contribution in [1.82, 2.24) is 25.1 Å². The molecule has 3 rings (SSSR count). The number of methoxy groups -OCH3 is 2. The van der Waals surface area contributed by atoms with Crippen molar-refractivity contribution in [2.24, 2.45) is 0 Å². The van der Waals surface area contributed by atoms with Gasteiger partial charge in [-0.05, 0) is 18.2 Å². The van der Waals surface area contributed by atoms with Gasteiger partial charge in [0.15, 0.2) is 27.6 Å². The topological polar surface area (TPSA) is 120 Å². The van der Waals surface area contributed by atoms with Crippen LogP contribution in [0.4, 0.5) is 5.13 Å². The highest BCUT2D eigenvalue weighted by molar-refractivity contribution is 7.99. The summed E-state index contributed by atoms with van der Waals surface area (Å²) in [6.45, 7) is 4.34. The maximum Gasteiger partial charge on any atom is 0.251 e. The summed E-state index contributed by atoms with van der Waals surface area (Å²) in [5, 5.41) is 16.7. The van der Waals surface area contributed by atoms with Gasteiger partial charge >= 0.3 is 0 Å². The van der Waals surface area contributed by atoms with E-state index >= 15 is 0 Å². The summed E-state index contributed by atoms with van der Waals surface area (Å²) in [5.74, 6) is 1.20. The molecule has 0 atom stereocenters. The summed E-state index contributed by atoms with van der Waals surface area (Å²) in [7, 11) is 3.04. The van der Waals surface area contributed by atoms with Crippen LogP contribution >= 0.6 is 23.1 Å². The number of hydrogen-bond donors (Lipinski definition) is 2. The van der Waals surface area contributed by atoms with E-state index in [4.69, 9.17) is 9.47 Å². The molecule has 3 aromatic rings.